The molecule has 1 aliphatic carbocycles. The van der Waals surface area contributed by atoms with Crippen LogP contribution in [0.3, 0.4) is 0 Å². The quantitative estimate of drug-likeness (QED) is 0.755. The van der Waals surface area contributed by atoms with Crippen LogP contribution >= 0.6 is 0 Å². The van der Waals surface area contributed by atoms with Crippen LogP contribution < -0.4 is 5.32 Å². The number of ether oxygens (including phenoxy) is 1. The highest BCUT2D eigenvalue weighted by molar-refractivity contribution is 5.25. The predicted molar refractivity (Wildman–Crippen MR) is 67.9 cm³/mol. The van der Waals surface area contributed by atoms with Gasteiger partial charge in [0, 0.05) is 12.6 Å². The van der Waals surface area contributed by atoms with Crippen molar-refractivity contribution in [2.45, 2.75) is 31.3 Å². The molecule has 0 spiro atoms. The lowest BCUT2D eigenvalue weighted by atomic mass is 9.91. The molecular weight excluding hydrogens is 214 g/mol. The average Bonchev–Trinajstić information content (AvgIpc) is 3.19. The highest BCUT2D eigenvalue weighted by Gasteiger charge is 2.37. The Morgan fingerprint density at radius 1 is 1.35 bits per heavy atom. The molecule has 17 heavy (non-hydrogen) atoms. The summed E-state index contributed by atoms with van der Waals surface area (Å²) in [5, 5.41) is 13.3. The second kappa shape index (κ2) is 5.63. The monoisotopic (exact) mass is 235 g/mol. The smallest absolute Gasteiger partial charge is 0.0908 e. The van der Waals surface area contributed by atoms with Crippen molar-refractivity contribution >= 4 is 0 Å². The second-order valence-corrected chi connectivity index (χ2v) is 4.66. The fourth-order valence-corrected chi connectivity index (χ4v) is 2.04. The van der Waals surface area contributed by atoms with Gasteiger partial charge in [0.15, 0.2) is 0 Å². The number of benzene rings is 1. The summed E-state index contributed by atoms with van der Waals surface area (Å²) >= 11 is 0. The summed E-state index contributed by atoms with van der Waals surface area (Å²) < 4.78 is 5.55. The van der Waals surface area contributed by atoms with Crippen LogP contribution in [0.25, 0.3) is 0 Å². The standard InChI is InChI=1S/C14H21NO2/c1-2-17-11-14(10-16,15-13-8-9-13)12-6-4-3-5-7-12/h3-7,13,15-16H,2,8-11H2,1H3. The Balaban J connectivity index is 2.19. The zero-order chi connectivity index (χ0) is 12.1. The van der Waals surface area contributed by atoms with Crippen molar-refractivity contribution in [3.63, 3.8) is 0 Å². The van der Waals surface area contributed by atoms with E-state index in [1.807, 2.05) is 37.3 Å². The Hall–Kier alpha value is -0.900. The molecule has 94 valence electrons. The van der Waals surface area contributed by atoms with Gasteiger partial charge in [0.2, 0.25) is 0 Å². The zero-order valence-corrected chi connectivity index (χ0v) is 10.4. The molecule has 0 aromatic heterocycles. The first kappa shape index (κ1) is 12.6. The van der Waals surface area contributed by atoms with E-state index in [1.165, 1.54) is 12.8 Å². The number of nitrogens with one attached hydrogen (secondary N) is 1. The summed E-state index contributed by atoms with van der Waals surface area (Å²) in [6.45, 7) is 3.22. The minimum absolute atomic E-state index is 0.0630. The van der Waals surface area contributed by atoms with E-state index < -0.39 is 5.54 Å². The molecule has 2 rings (SSSR count). The van der Waals surface area contributed by atoms with Crippen molar-refractivity contribution in [1.29, 1.82) is 0 Å². The predicted octanol–water partition coefficient (Wildman–Crippen LogP) is 1.66. The van der Waals surface area contributed by atoms with Gasteiger partial charge in [0.05, 0.1) is 18.8 Å². The number of rotatable bonds is 7. The summed E-state index contributed by atoms with van der Waals surface area (Å²) in [6, 6.07) is 10.6. The molecule has 1 unspecified atom stereocenters. The van der Waals surface area contributed by atoms with Gasteiger partial charge in [-0.3, -0.25) is 0 Å². The first-order valence-corrected chi connectivity index (χ1v) is 6.32. The van der Waals surface area contributed by atoms with Crippen LogP contribution in [0.2, 0.25) is 0 Å². The van der Waals surface area contributed by atoms with Crippen molar-refractivity contribution in [2.75, 3.05) is 19.8 Å². The summed E-state index contributed by atoms with van der Waals surface area (Å²) in [7, 11) is 0. The number of hydrogen-bond donors (Lipinski definition) is 2. The maximum Gasteiger partial charge on any atom is 0.0908 e. The van der Waals surface area contributed by atoms with Gasteiger partial charge < -0.3 is 15.2 Å². The highest BCUT2D eigenvalue weighted by Crippen LogP contribution is 2.28. The third-order valence-electron chi connectivity index (χ3n) is 3.21. The van der Waals surface area contributed by atoms with E-state index in [1.54, 1.807) is 0 Å². The van der Waals surface area contributed by atoms with Crippen molar-refractivity contribution < 1.29 is 9.84 Å². The lowest BCUT2D eigenvalue weighted by Crippen LogP contribution is -2.50. The summed E-state index contributed by atoms with van der Waals surface area (Å²) in [5.41, 5.74) is 0.654. The van der Waals surface area contributed by atoms with Gasteiger partial charge in [-0.15, -0.1) is 0 Å². The van der Waals surface area contributed by atoms with Crippen LogP contribution in [-0.4, -0.2) is 31.0 Å². The first-order valence-electron chi connectivity index (χ1n) is 6.32. The van der Waals surface area contributed by atoms with E-state index >= 15 is 0 Å². The van der Waals surface area contributed by atoms with E-state index in [2.05, 4.69) is 5.32 Å². The lowest BCUT2D eigenvalue weighted by molar-refractivity contribution is 0.0379. The molecule has 0 amide bonds. The van der Waals surface area contributed by atoms with Gasteiger partial charge in [0.25, 0.3) is 0 Å². The molecule has 1 saturated carbocycles. The van der Waals surface area contributed by atoms with E-state index in [0.717, 1.165) is 5.56 Å². The Labute approximate surface area is 103 Å². The van der Waals surface area contributed by atoms with Gasteiger partial charge in [-0.25, -0.2) is 0 Å². The molecule has 0 radical (unpaired) electrons. The minimum Gasteiger partial charge on any atom is -0.394 e. The van der Waals surface area contributed by atoms with Gasteiger partial charge in [-0.2, -0.15) is 0 Å². The number of aliphatic hydroxyl groups excluding tert-OH is 1. The fourth-order valence-electron chi connectivity index (χ4n) is 2.04. The molecule has 0 saturated heterocycles. The van der Waals surface area contributed by atoms with E-state index in [9.17, 15) is 5.11 Å². The first-order chi connectivity index (χ1) is 8.30. The summed E-state index contributed by atoms with van der Waals surface area (Å²) in [4.78, 5) is 0. The lowest BCUT2D eigenvalue weighted by Gasteiger charge is -2.33. The largest absolute Gasteiger partial charge is 0.394 e. The molecule has 1 aromatic carbocycles. The maximum absolute atomic E-state index is 9.79. The van der Waals surface area contributed by atoms with Crippen LogP contribution in [0, 0.1) is 0 Å². The van der Waals surface area contributed by atoms with Crippen molar-refractivity contribution in [1.82, 2.24) is 5.32 Å². The molecule has 0 heterocycles. The fraction of sp³-hybridized carbons (Fsp3) is 0.571. The molecule has 1 aliphatic rings. The molecule has 1 aromatic rings. The maximum atomic E-state index is 9.79. The second-order valence-electron chi connectivity index (χ2n) is 4.66. The molecule has 1 fully saturated rings. The Bertz CT molecular complexity index is 337. The van der Waals surface area contributed by atoms with E-state index in [-0.39, 0.29) is 6.61 Å². The summed E-state index contributed by atoms with van der Waals surface area (Å²) in [5.74, 6) is 0. The van der Waals surface area contributed by atoms with Gasteiger partial charge >= 0.3 is 0 Å². The van der Waals surface area contributed by atoms with Gasteiger partial charge in [0.1, 0.15) is 0 Å². The van der Waals surface area contributed by atoms with Crippen molar-refractivity contribution in [3.05, 3.63) is 35.9 Å². The Kier molecular flexibility index (Phi) is 4.15. The van der Waals surface area contributed by atoms with Crippen LogP contribution in [-0.2, 0) is 10.3 Å². The average molecular weight is 235 g/mol. The van der Waals surface area contributed by atoms with Crippen molar-refractivity contribution in [3.8, 4) is 0 Å². The molecule has 2 N–H and O–H groups in total. The third-order valence-corrected chi connectivity index (χ3v) is 3.21. The number of aliphatic hydroxyl groups is 1. The molecule has 3 nitrogen and oxygen atoms in total. The molecule has 1 atom stereocenters. The summed E-state index contributed by atoms with van der Waals surface area (Å²) in [6.07, 6.45) is 2.39. The topological polar surface area (TPSA) is 41.5 Å². The van der Waals surface area contributed by atoms with Crippen molar-refractivity contribution in [2.24, 2.45) is 0 Å². The molecular formula is C14H21NO2. The van der Waals surface area contributed by atoms with E-state index in [0.29, 0.717) is 19.3 Å². The molecule has 0 aliphatic heterocycles. The molecule has 0 bridgehead atoms. The number of hydrogen-bond acceptors (Lipinski definition) is 3. The Morgan fingerprint density at radius 3 is 2.59 bits per heavy atom. The van der Waals surface area contributed by atoms with Crippen LogP contribution in [0.5, 0.6) is 0 Å². The van der Waals surface area contributed by atoms with E-state index in [4.69, 9.17) is 4.74 Å². The molecule has 3 heteroatoms. The van der Waals surface area contributed by atoms with Crippen LogP contribution in [0.4, 0.5) is 0 Å². The minimum atomic E-state index is -0.446. The highest BCUT2D eigenvalue weighted by atomic mass is 16.5. The third kappa shape index (κ3) is 3.06. The SMILES string of the molecule is CCOCC(CO)(NC1CC1)c1ccccc1. The van der Waals surface area contributed by atoms with Gasteiger partial charge in [-0.1, -0.05) is 30.3 Å². The van der Waals surface area contributed by atoms with Crippen LogP contribution in [0.1, 0.15) is 25.3 Å². The van der Waals surface area contributed by atoms with Gasteiger partial charge in [-0.05, 0) is 25.3 Å². The van der Waals surface area contributed by atoms with Crippen LogP contribution in [0.15, 0.2) is 30.3 Å². The normalized spacial score (nSPS) is 18.9. The zero-order valence-electron chi connectivity index (χ0n) is 10.4. The Morgan fingerprint density at radius 2 is 2.06 bits per heavy atom.